The quantitative estimate of drug-likeness (QED) is 0.860. The van der Waals surface area contributed by atoms with Crippen LogP contribution in [-0.4, -0.2) is 12.5 Å². The van der Waals surface area contributed by atoms with E-state index in [1.807, 2.05) is 13.8 Å². The second-order valence-corrected chi connectivity index (χ2v) is 5.57. The fourth-order valence-electron chi connectivity index (χ4n) is 0.762. The molecular weight excluding hydrogens is 266 g/mol. The Morgan fingerprint density at radius 2 is 2.43 bits per heavy atom. The minimum atomic E-state index is -0.201. The zero-order chi connectivity index (χ0) is 10.6. The third kappa shape index (κ3) is 3.77. The molecule has 0 fully saturated rings. The first-order valence-electron chi connectivity index (χ1n) is 4.25. The van der Waals surface area contributed by atoms with Gasteiger partial charge in [-0.05, 0) is 27.9 Å². The lowest BCUT2D eigenvalue weighted by Gasteiger charge is -2.06. The van der Waals surface area contributed by atoms with Crippen molar-refractivity contribution < 1.29 is 9.63 Å². The Hall–Kier alpha value is -0.390. The molecule has 1 amide bonds. The first-order chi connectivity index (χ1) is 6.59. The molecule has 0 saturated heterocycles. The number of carbonyl (C=O) groups is 1. The highest BCUT2D eigenvalue weighted by Gasteiger charge is 2.07. The Bertz CT molecular complexity index is 312. The molecule has 0 spiro atoms. The van der Waals surface area contributed by atoms with Crippen molar-refractivity contribution >= 4 is 33.2 Å². The molecule has 5 heteroatoms. The van der Waals surface area contributed by atoms with Crippen molar-refractivity contribution in [2.45, 2.75) is 13.8 Å². The van der Waals surface area contributed by atoms with E-state index in [0.29, 0.717) is 18.1 Å². The van der Waals surface area contributed by atoms with Gasteiger partial charge in [0.1, 0.15) is 0 Å². The van der Waals surface area contributed by atoms with Gasteiger partial charge in [-0.1, -0.05) is 13.8 Å². The summed E-state index contributed by atoms with van der Waals surface area (Å²) in [6.45, 7) is 4.57. The first kappa shape index (κ1) is 11.7. The molecule has 1 aromatic heterocycles. The van der Waals surface area contributed by atoms with Crippen LogP contribution >= 0.6 is 27.3 Å². The summed E-state index contributed by atoms with van der Waals surface area (Å²) in [5.41, 5.74) is 3.01. The van der Waals surface area contributed by atoms with Gasteiger partial charge in [0.2, 0.25) is 0 Å². The number of nitrogens with one attached hydrogen (secondary N) is 1. The number of carbonyl (C=O) groups excluding carboxylic acids is 1. The second-order valence-electron chi connectivity index (χ2n) is 3.28. The van der Waals surface area contributed by atoms with E-state index >= 15 is 0 Å². The summed E-state index contributed by atoms with van der Waals surface area (Å²) in [6, 6.07) is 1.76. The summed E-state index contributed by atoms with van der Waals surface area (Å²) in [7, 11) is 0. The van der Waals surface area contributed by atoms with Gasteiger partial charge < -0.3 is 0 Å². The molecule has 0 aliphatic heterocycles. The summed E-state index contributed by atoms with van der Waals surface area (Å²) in [5, 5.41) is 1.78. The number of hydrogen-bond donors (Lipinski definition) is 1. The highest BCUT2D eigenvalue weighted by Crippen LogP contribution is 2.20. The van der Waals surface area contributed by atoms with Crippen LogP contribution in [0.5, 0.6) is 0 Å². The van der Waals surface area contributed by atoms with Gasteiger partial charge in [-0.2, -0.15) is 0 Å². The molecule has 0 aromatic carbocycles. The monoisotopic (exact) mass is 277 g/mol. The number of amides is 1. The summed E-state index contributed by atoms with van der Waals surface area (Å²) < 4.78 is 0.937. The van der Waals surface area contributed by atoms with E-state index in [9.17, 15) is 4.79 Å². The summed E-state index contributed by atoms with van der Waals surface area (Å²) in [6.07, 6.45) is 0. The Kier molecular flexibility index (Phi) is 4.57. The van der Waals surface area contributed by atoms with Crippen LogP contribution in [0.4, 0.5) is 0 Å². The highest BCUT2D eigenvalue weighted by atomic mass is 79.9. The Morgan fingerprint density at radius 1 is 1.71 bits per heavy atom. The maximum atomic E-state index is 11.4. The molecule has 78 valence electrons. The molecule has 1 aromatic rings. The van der Waals surface area contributed by atoms with Crippen molar-refractivity contribution in [1.82, 2.24) is 5.48 Å². The third-order valence-electron chi connectivity index (χ3n) is 1.41. The Balaban J connectivity index is 2.36. The average Bonchev–Trinajstić information content (AvgIpc) is 2.51. The summed E-state index contributed by atoms with van der Waals surface area (Å²) >= 11 is 4.76. The average molecular weight is 278 g/mol. The van der Waals surface area contributed by atoms with Crippen LogP contribution < -0.4 is 5.48 Å². The van der Waals surface area contributed by atoms with E-state index in [0.717, 1.165) is 3.79 Å². The lowest BCUT2D eigenvalue weighted by atomic mass is 10.2. The van der Waals surface area contributed by atoms with Crippen molar-refractivity contribution in [2.24, 2.45) is 5.92 Å². The van der Waals surface area contributed by atoms with Crippen LogP contribution in [0.25, 0.3) is 0 Å². The smallest absolute Gasteiger partial charge is 0.273 e. The normalized spacial score (nSPS) is 10.6. The Labute approximate surface area is 95.5 Å². The van der Waals surface area contributed by atoms with Crippen molar-refractivity contribution in [3.63, 3.8) is 0 Å². The van der Waals surface area contributed by atoms with E-state index in [-0.39, 0.29) is 5.91 Å². The molecule has 14 heavy (non-hydrogen) atoms. The SMILES string of the molecule is CC(C)CONC(=O)c1csc(Br)c1. The van der Waals surface area contributed by atoms with Gasteiger partial charge in [0, 0.05) is 5.38 Å². The number of hydrogen-bond acceptors (Lipinski definition) is 3. The molecule has 0 aliphatic carbocycles. The van der Waals surface area contributed by atoms with Crippen LogP contribution in [0.15, 0.2) is 15.2 Å². The van der Waals surface area contributed by atoms with Crippen molar-refractivity contribution in [1.29, 1.82) is 0 Å². The van der Waals surface area contributed by atoms with Gasteiger partial charge in [-0.25, -0.2) is 5.48 Å². The summed E-state index contributed by atoms with van der Waals surface area (Å²) in [4.78, 5) is 16.4. The molecular formula is C9H12BrNO2S. The van der Waals surface area contributed by atoms with Gasteiger partial charge in [-0.3, -0.25) is 9.63 Å². The molecule has 0 bridgehead atoms. The number of halogens is 1. The van der Waals surface area contributed by atoms with Gasteiger partial charge in [0.25, 0.3) is 5.91 Å². The van der Waals surface area contributed by atoms with E-state index in [1.54, 1.807) is 11.4 Å². The lowest BCUT2D eigenvalue weighted by Crippen LogP contribution is -2.25. The van der Waals surface area contributed by atoms with Gasteiger partial charge in [0.15, 0.2) is 0 Å². The highest BCUT2D eigenvalue weighted by molar-refractivity contribution is 9.11. The zero-order valence-corrected chi connectivity index (χ0v) is 10.4. The minimum absolute atomic E-state index is 0.201. The number of thiophene rings is 1. The van der Waals surface area contributed by atoms with E-state index < -0.39 is 0 Å². The zero-order valence-electron chi connectivity index (χ0n) is 8.04. The van der Waals surface area contributed by atoms with Crippen LogP contribution in [-0.2, 0) is 4.84 Å². The van der Waals surface area contributed by atoms with Gasteiger partial charge in [0.05, 0.1) is 16.0 Å². The molecule has 0 unspecified atom stereocenters. The van der Waals surface area contributed by atoms with Crippen LogP contribution in [0.3, 0.4) is 0 Å². The maximum absolute atomic E-state index is 11.4. The largest absolute Gasteiger partial charge is 0.275 e. The van der Waals surface area contributed by atoms with E-state index in [2.05, 4.69) is 21.4 Å². The van der Waals surface area contributed by atoms with Crippen LogP contribution in [0.1, 0.15) is 24.2 Å². The van der Waals surface area contributed by atoms with Gasteiger partial charge >= 0.3 is 0 Å². The fraction of sp³-hybridized carbons (Fsp3) is 0.444. The molecule has 0 aliphatic rings. The van der Waals surface area contributed by atoms with E-state index in [1.165, 1.54) is 11.3 Å². The van der Waals surface area contributed by atoms with E-state index in [4.69, 9.17) is 4.84 Å². The molecule has 1 rings (SSSR count). The standard InChI is InChI=1S/C9H12BrNO2S/c1-6(2)4-13-11-9(12)7-3-8(10)14-5-7/h3,5-6H,4H2,1-2H3,(H,11,12). The predicted molar refractivity (Wildman–Crippen MR) is 60.3 cm³/mol. The minimum Gasteiger partial charge on any atom is -0.273 e. The third-order valence-corrected chi connectivity index (χ3v) is 2.92. The number of hydroxylamine groups is 1. The van der Waals surface area contributed by atoms with Crippen molar-refractivity contribution in [3.8, 4) is 0 Å². The lowest BCUT2D eigenvalue weighted by molar-refractivity contribution is 0.0209. The molecule has 0 radical (unpaired) electrons. The molecule has 0 saturated carbocycles. The fourth-order valence-corrected chi connectivity index (χ4v) is 1.90. The first-order valence-corrected chi connectivity index (χ1v) is 5.93. The molecule has 0 atom stereocenters. The van der Waals surface area contributed by atoms with Gasteiger partial charge in [-0.15, -0.1) is 11.3 Å². The molecule has 1 heterocycles. The number of rotatable bonds is 4. The second kappa shape index (κ2) is 5.48. The van der Waals surface area contributed by atoms with Crippen LogP contribution in [0.2, 0.25) is 0 Å². The molecule has 3 nitrogen and oxygen atoms in total. The van der Waals surface area contributed by atoms with Crippen molar-refractivity contribution in [3.05, 3.63) is 20.8 Å². The predicted octanol–water partition coefficient (Wildman–Crippen LogP) is 2.83. The van der Waals surface area contributed by atoms with Crippen LogP contribution in [0, 0.1) is 5.92 Å². The maximum Gasteiger partial charge on any atom is 0.275 e. The van der Waals surface area contributed by atoms with Crippen molar-refractivity contribution in [2.75, 3.05) is 6.61 Å². The summed E-state index contributed by atoms with van der Waals surface area (Å²) in [5.74, 6) is 0.206. The topological polar surface area (TPSA) is 38.3 Å². The molecule has 1 N–H and O–H groups in total. The Morgan fingerprint density at radius 3 is 2.93 bits per heavy atom.